The fourth-order valence-corrected chi connectivity index (χ4v) is 62.5. The second-order valence-corrected chi connectivity index (χ2v) is 68.2. The Kier molecular flexibility index (Phi) is 8.39. The van der Waals surface area contributed by atoms with Crippen LogP contribution in [0, 0.1) is 0 Å². The average molecular weight is 789 g/mol. The molecule has 2 aliphatic carbocycles. The van der Waals surface area contributed by atoms with E-state index in [0.717, 1.165) is 23.0 Å². The van der Waals surface area contributed by atoms with E-state index in [2.05, 4.69) is 161 Å². The first kappa shape index (κ1) is 34.1. The molecule has 8 rings (SSSR count). The summed E-state index contributed by atoms with van der Waals surface area (Å²) < 4.78 is 1.00. The van der Waals surface area contributed by atoms with Gasteiger partial charge in [0.15, 0.2) is 0 Å². The molecule has 6 aromatic rings. The predicted molar refractivity (Wildman–Crippen MR) is 222 cm³/mol. The van der Waals surface area contributed by atoms with Crippen molar-refractivity contribution in [3.63, 3.8) is 0 Å². The molecule has 0 saturated heterocycles. The van der Waals surface area contributed by atoms with Crippen LogP contribution >= 0.6 is 17.0 Å². The Morgan fingerprint density at radius 3 is 1.32 bits per heavy atom. The summed E-state index contributed by atoms with van der Waals surface area (Å²) in [5, 5.41) is 5.10. The normalized spacial score (nSPS) is 18.6. The summed E-state index contributed by atoms with van der Waals surface area (Å²) in [6.07, 6.45) is 6.90. The predicted octanol–water partition coefficient (Wildman–Crippen LogP) is 14.2. The summed E-state index contributed by atoms with van der Waals surface area (Å²) in [6, 6.07) is 45.9. The van der Waals surface area contributed by atoms with Gasteiger partial charge < -0.3 is 0 Å². The first-order chi connectivity index (χ1) is 24.2. The molecule has 0 saturated carbocycles. The van der Waals surface area contributed by atoms with Crippen molar-refractivity contribution < 1.29 is 14.1 Å². The Hall–Kier alpha value is -3.00. The maximum absolute atomic E-state index is 9.09. The van der Waals surface area contributed by atoms with E-state index < -0.39 is 20.7 Å². The molecule has 0 heterocycles. The Morgan fingerprint density at radius 2 is 0.900 bits per heavy atom. The maximum atomic E-state index is 9.09. The molecule has 0 amide bonds. The summed E-state index contributed by atoms with van der Waals surface area (Å²) in [4.78, 5) is 0. The van der Waals surface area contributed by atoms with Gasteiger partial charge in [-0.25, -0.2) is 0 Å². The number of hydrogen-bond donors (Lipinski definition) is 0. The van der Waals surface area contributed by atoms with Crippen molar-refractivity contribution >= 4 is 57.4 Å². The Labute approximate surface area is 304 Å². The zero-order valence-electron chi connectivity index (χ0n) is 29.6. The topological polar surface area (TPSA) is 0 Å². The molecule has 4 heteroatoms. The van der Waals surface area contributed by atoms with Crippen LogP contribution < -0.4 is 0 Å². The molecule has 0 nitrogen and oxygen atoms in total. The van der Waals surface area contributed by atoms with Crippen molar-refractivity contribution in [3.05, 3.63) is 155 Å². The van der Waals surface area contributed by atoms with E-state index in [9.17, 15) is 0 Å². The molecule has 2 aliphatic rings. The number of benzene rings is 6. The molecule has 0 radical (unpaired) electrons. The number of allylic oxidation sites excluding steroid dienone is 2. The van der Waals surface area contributed by atoms with Crippen molar-refractivity contribution in [2.75, 3.05) is 0 Å². The zero-order valence-corrected chi connectivity index (χ0v) is 35.0. The molecule has 0 fully saturated rings. The zero-order chi connectivity index (χ0) is 34.7. The molecule has 2 atom stereocenters. The van der Waals surface area contributed by atoms with Gasteiger partial charge in [0.05, 0.1) is 0 Å². The quantitative estimate of drug-likeness (QED) is 0.128. The van der Waals surface area contributed by atoms with E-state index in [1.54, 1.807) is 0 Å². The van der Waals surface area contributed by atoms with Gasteiger partial charge in [-0.15, -0.1) is 0 Å². The summed E-state index contributed by atoms with van der Waals surface area (Å²) in [5.41, 5.74) is 13.4. The van der Waals surface area contributed by atoms with E-state index in [1.165, 1.54) is 77.2 Å². The first-order valence-electron chi connectivity index (χ1n) is 18.6. The van der Waals surface area contributed by atoms with Gasteiger partial charge in [0.25, 0.3) is 0 Å². The van der Waals surface area contributed by atoms with Gasteiger partial charge in [0, 0.05) is 0 Å². The van der Waals surface area contributed by atoms with Crippen molar-refractivity contribution in [1.29, 1.82) is 0 Å². The number of fused-ring (bicyclic) bond motifs is 4. The monoisotopic (exact) mass is 786 g/mol. The van der Waals surface area contributed by atoms with Crippen molar-refractivity contribution in [3.8, 4) is 22.3 Å². The van der Waals surface area contributed by atoms with E-state index >= 15 is 0 Å². The number of halogens is 2. The van der Waals surface area contributed by atoms with Crippen molar-refractivity contribution in [2.45, 2.75) is 58.0 Å². The third-order valence-corrected chi connectivity index (χ3v) is 66.4. The van der Waals surface area contributed by atoms with E-state index in [4.69, 9.17) is 17.0 Å². The number of hydrogen-bond acceptors (Lipinski definition) is 0. The molecule has 0 N–H and O–H groups in total. The van der Waals surface area contributed by atoms with Crippen molar-refractivity contribution in [2.24, 2.45) is 0 Å². The van der Waals surface area contributed by atoms with Crippen LogP contribution in [-0.2, 0) is 14.1 Å². The molecule has 0 spiro atoms. The Morgan fingerprint density at radius 1 is 0.500 bits per heavy atom. The number of rotatable bonds is 9. The molecule has 0 aromatic heterocycles. The molecule has 252 valence electrons. The van der Waals surface area contributed by atoms with Crippen LogP contribution in [0.2, 0.25) is 10.2 Å². The first-order valence-corrected chi connectivity index (χ1v) is 36.5. The van der Waals surface area contributed by atoms with Crippen LogP contribution in [0.4, 0.5) is 0 Å². The summed E-state index contributed by atoms with van der Waals surface area (Å²) >= 11 is -5.47. The van der Waals surface area contributed by atoms with Gasteiger partial charge in [-0.2, -0.15) is 0 Å². The SMILES string of the molecule is CC[SiH2][Zr]([Cl])([Cl])([CH2]C)([CH]1C(CC)=Cc2c(-c3cccc4ccccc34)cccc21)[CH]1C(CC)=Cc2c(-c3cccc4ccccc34)cccc21. The molecule has 50 heavy (non-hydrogen) atoms. The van der Waals surface area contributed by atoms with Gasteiger partial charge in [0.2, 0.25) is 0 Å². The molecule has 6 aromatic carbocycles. The second kappa shape index (κ2) is 12.3. The third kappa shape index (κ3) is 4.85. The minimum absolute atomic E-state index is 0.0678. The van der Waals surface area contributed by atoms with E-state index in [-0.39, 0.29) is 7.25 Å². The van der Waals surface area contributed by atoms with Crippen LogP contribution in [0.5, 0.6) is 0 Å². The van der Waals surface area contributed by atoms with Crippen LogP contribution in [0.15, 0.2) is 132 Å². The fraction of sp³-hybridized carbons (Fsp3) is 0.217. The van der Waals surface area contributed by atoms with Crippen LogP contribution in [0.3, 0.4) is 0 Å². The van der Waals surface area contributed by atoms with E-state index in [1.807, 2.05) is 0 Å². The Bertz CT molecular complexity index is 2230. The van der Waals surface area contributed by atoms with Gasteiger partial charge in [-0.3, -0.25) is 0 Å². The van der Waals surface area contributed by atoms with E-state index in [0.29, 0.717) is 0 Å². The van der Waals surface area contributed by atoms with Gasteiger partial charge in [-0.05, 0) is 0 Å². The standard InChI is InChI=1S/2C21H17.C2H7Si.C2H5.2ClH.Zr/c2*1-2-15-13-17-9-6-12-20(21(17)14-15)19-11-5-8-16-7-3-4-10-18(16)19;1-2-3;1-2;;;/h2*3-14H,2H2,1H3;2-3H2,1H3;1H2,2H3;2*1H;/q;;;;;;+2/p-2. The van der Waals surface area contributed by atoms with Crippen molar-refractivity contribution in [1.82, 2.24) is 0 Å². The van der Waals surface area contributed by atoms with Gasteiger partial charge >= 0.3 is 306 Å². The van der Waals surface area contributed by atoms with Crippen LogP contribution in [0.1, 0.15) is 70.0 Å². The third-order valence-electron chi connectivity index (χ3n) is 12.7. The molecule has 0 bridgehead atoms. The summed E-state index contributed by atoms with van der Waals surface area (Å²) in [5.74, 6) is 0. The Balaban J connectivity index is 1.39. The van der Waals surface area contributed by atoms with Gasteiger partial charge in [-0.1, -0.05) is 0 Å². The molecular weight excluding hydrogens is 743 g/mol. The minimum atomic E-state index is -5.47. The van der Waals surface area contributed by atoms with Gasteiger partial charge in [0.1, 0.15) is 0 Å². The van der Waals surface area contributed by atoms with Crippen LogP contribution in [0.25, 0.3) is 56.0 Å². The summed E-state index contributed by atoms with van der Waals surface area (Å²) in [6.45, 7) is 8.40. The molecular formula is C46H46Cl2SiZr. The van der Waals surface area contributed by atoms with Crippen LogP contribution in [-0.4, -0.2) is 6.65 Å². The second-order valence-electron chi connectivity index (χ2n) is 15.1. The molecule has 2 unspecified atom stereocenters. The summed E-state index contributed by atoms with van der Waals surface area (Å²) in [7, 11) is 18.2. The average Bonchev–Trinajstić information content (AvgIpc) is 3.75. The fourth-order valence-electron chi connectivity index (χ4n) is 10.5. The molecule has 0 aliphatic heterocycles.